The van der Waals surface area contributed by atoms with E-state index in [0.29, 0.717) is 0 Å². The van der Waals surface area contributed by atoms with Crippen molar-refractivity contribution in [1.29, 1.82) is 0 Å². The fourth-order valence-electron chi connectivity index (χ4n) is 6.45. The maximum absolute atomic E-state index is 11.7. The topological polar surface area (TPSA) is 76.2 Å². The fraction of sp³-hybridized carbons (Fsp3) is 0.452. The second-order valence-electron chi connectivity index (χ2n) is 15.5. The van der Waals surface area contributed by atoms with Gasteiger partial charge in [0.2, 0.25) is 0 Å². The van der Waals surface area contributed by atoms with Crippen LogP contribution in [0.3, 0.4) is 0 Å². The zero-order valence-corrected chi connectivity index (χ0v) is 34.8. The van der Waals surface area contributed by atoms with Gasteiger partial charge in [-0.1, -0.05) is 103 Å². The fourth-order valence-corrected chi connectivity index (χ4v) is 8.05. The zero-order valence-electron chi connectivity index (χ0n) is 31.4. The summed E-state index contributed by atoms with van der Waals surface area (Å²) in [7, 11) is -1.61. The van der Waals surface area contributed by atoms with Crippen molar-refractivity contribution in [2.45, 2.75) is 107 Å². The van der Waals surface area contributed by atoms with Crippen LogP contribution in [0.1, 0.15) is 85.3 Å². The van der Waals surface area contributed by atoms with Crippen LogP contribution in [-0.2, 0) is 31.3 Å². The van der Waals surface area contributed by atoms with E-state index in [-0.39, 0.29) is 48.9 Å². The summed E-state index contributed by atoms with van der Waals surface area (Å²) in [5.41, 5.74) is 7.04. The summed E-state index contributed by atoms with van der Waals surface area (Å²) < 4.78 is 6.42. The van der Waals surface area contributed by atoms with E-state index in [2.05, 4.69) is 106 Å². The molecule has 0 bridgehead atoms. The largest absolute Gasteiger partial charge is 0.512 e. The van der Waals surface area contributed by atoms with Crippen LogP contribution in [0.4, 0.5) is 0 Å². The summed E-state index contributed by atoms with van der Waals surface area (Å²) in [5.74, 6) is 0.547. The molecule has 3 aromatic carbocycles. The second-order valence-corrected chi connectivity index (χ2v) is 20.5. The molecule has 0 spiro atoms. The number of allylic oxidation sites excluding steroid dienone is 2. The van der Waals surface area contributed by atoms with Gasteiger partial charge in [0.05, 0.1) is 19.5 Å². The third-order valence-electron chi connectivity index (χ3n) is 9.22. The van der Waals surface area contributed by atoms with E-state index in [1.807, 2.05) is 27.7 Å². The van der Waals surface area contributed by atoms with Crippen molar-refractivity contribution in [1.82, 2.24) is 9.97 Å². The monoisotopic (exact) mass is 856 g/mol. The van der Waals surface area contributed by atoms with Crippen molar-refractivity contribution in [3.05, 3.63) is 77.8 Å². The Morgan fingerprint density at radius 1 is 0.918 bits per heavy atom. The maximum Gasteiger partial charge on any atom is 0.162 e. The first-order chi connectivity index (χ1) is 22.6. The van der Waals surface area contributed by atoms with Gasteiger partial charge in [0, 0.05) is 43.4 Å². The summed E-state index contributed by atoms with van der Waals surface area (Å²) >= 11 is 0. The van der Waals surface area contributed by atoms with Crippen molar-refractivity contribution in [3.8, 4) is 11.3 Å². The van der Waals surface area contributed by atoms with Gasteiger partial charge in [-0.3, -0.25) is 9.78 Å². The number of hydrogen-bond acceptors (Lipinski definition) is 5. The Balaban J connectivity index is 0.000000347. The zero-order chi connectivity index (χ0) is 35.4. The summed E-state index contributed by atoms with van der Waals surface area (Å²) in [4.78, 5) is 21.0. The molecule has 49 heavy (non-hydrogen) atoms. The summed E-state index contributed by atoms with van der Waals surface area (Å²) in [6.07, 6.45) is 7.55. The van der Waals surface area contributed by atoms with Crippen LogP contribution in [0.5, 0.6) is 0 Å². The van der Waals surface area contributed by atoms with Gasteiger partial charge in [0.25, 0.3) is 0 Å². The number of nitrogens with zero attached hydrogens (tertiary/aromatic N) is 2. The molecule has 0 aliphatic rings. The Morgan fingerprint density at radius 3 is 2.16 bits per heavy atom. The molecule has 0 unspecified atom stereocenters. The molecule has 5 rings (SSSR count). The molecule has 2 heterocycles. The number of aliphatic hydroxyl groups excluding tert-OH is 1. The minimum absolute atomic E-state index is 0. The van der Waals surface area contributed by atoms with E-state index in [1.54, 1.807) is 6.33 Å². The average molecular weight is 856 g/mol. The molecule has 5 aromatic rings. The number of aryl methyl sites for hydroxylation is 1. The number of carbonyl (C=O) groups excluding carboxylic acids is 1. The molecular formula is C42H55IrN2O3Si-. The van der Waals surface area contributed by atoms with Gasteiger partial charge < -0.3 is 9.52 Å². The normalized spacial score (nSPS) is 12.5. The Morgan fingerprint density at radius 2 is 1.57 bits per heavy atom. The Kier molecular flexibility index (Phi) is 13.8. The van der Waals surface area contributed by atoms with Gasteiger partial charge in [-0.2, -0.15) is 0 Å². The predicted octanol–water partition coefficient (Wildman–Crippen LogP) is 11.3. The van der Waals surface area contributed by atoms with Crippen LogP contribution >= 0.6 is 0 Å². The van der Waals surface area contributed by atoms with Gasteiger partial charge in [-0.05, 0) is 62.1 Å². The number of aromatic nitrogens is 2. The first-order valence-electron chi connectivity index (χ1n) is 17.7. The number of hydrogen-bond donors (Lipinski definition) is 1. The minimum atomic E-state index is -1.61. The van der Waals surface area contributed by atoms with Crippen LogP contribution < -0.4 is 5.19 Å². The van der Waals surface area contributed by atoms with Gasteiger partial charge >= 0.3 is 0 Å². The molecule has 265 valence electrons. The SMILES string of the molecule is CCC(CC)C(=O)/C=C(\O)C(CC)CC.Cc1ccc2[c-]c(-c3ncnc4c3oc3cc(CC(C)(C)C)ccc34)cc([Si](C)(C)C)c2c1.[Ir]. The van der Waals surface area contributed by atoms with Crippen molar-refractivity contribution in [3.63, 3.8) is 0 Å². The van der Waals surface area contributed by atoms with E-state index in [4.69, 9.17) is 4.42 Å². The quantitative estimate of drug-likeness (QED) is 0.0655. The van der Waals surface area contributed by atoms with Gasteiger partial charge in [-0.15, -0.1) is 28.8 Å². The molecule has 0 aliphatic heterocycles. The Hall–Kier alpha value is -3.12. The van der Waals surface area contributed by atoms with Crippen molar-refractivity contribution < 1.29 is 34.4 Å². The Bertz CT molecular complexity index is 1920. The maximum atomic E-state index is 11.7. The van der Waals surface area contributed by atoms with Crippen LogP contribution in [0, 0.1) is 30.2 Å². The summed E-state index contributed by atoms with van der Waals surface area (Å²) in [6.45, 7) is 24.2. The molecule has 0 amide bonds. The molecule has 7 heteroatoms. The molecule has 0 saturated heterocycles. The third kappa shape index (κ3) is 9.77. The number of carbonyl (C=O) groups is 1. The number of ketones is 1. The van der Waals surface area contributed by atoms with Gasteiger partial charge in [-0.25, -0.2) is 4.98 Å². The van der Waals surface area contributed by atoms with E-state index in [9.17, 15) is 9.90 Å². The molecule has 0 saturated carbocycles. The van der Waals surface area contributed by atoms with Crippen LogP contribution in [0.2, 0.25) is 19.6 Å². The summed E-state index contributed by atoms with van der Waals surface area (Å²) in [5, 5.41) is 14.7. The smallest absolute Gasteiger partial charge is 0.162 e. The number of rotatable bonds is 10. The number of fused-ring (bicyclic) bond motifs is 4. The van der Waals surface area contributed by atoms with Gasteiger partial charge in [0.15, 0.2) is 5.78 Å². The predicted molar refractivity (Wildman–Crippen MR) is 206 cm³/mol. The molecule has 5 nitrogen and oxygen atoms in total. The molecule has 1 N–H and O–H groups in total. The molecule has 0 aliphatic carbocycles. The van der Waals surface area contributed by atoms with Gasteiger partial charge in [0.1, 0.15) is 23.0 Å². The van der Waals surface area contributed by atoms with Crippen molar-refractivity contribution in [2.75, 3.05) is 0 Å². The van der Waals surface area contributed by atoms with Crippen LogP contribution in [0.15, 0.2) is 65.0 Å². The standard InChI is InChI=1S/C29H31N2OSi.C13H24O2.Ir/c1-18-8-10-20-14-21(15-25(23(20)12-18)33(5,6)7)26-28-27(31-17-30-26)22-11-9-19(13-24(22)32-28)16-29(2,3)4;1-5-10(6-2)12(14)9-13(15)11(7-3)8-4;/h8-13,15,17H,16H2,1-7H3;9-11,14H,5-8H2,1-4H3;/q-1;;/b;12-9-;. The molecule has 0 atom stereocenters. The average Bonchev–Trinajstić information content (AvgIpc) is 3.38. The van der Waals surface area contributed by atoms with Crippen molar-refractivity contribution in [2.24, 2.45) is 17.3 Å². The van der Waals surface area contributed by atoms with Crippen molar-refractivity contribution >= 4 is 51.9 Å². The van der Waals surface area contributed by atoms with E-state index >= 15 is 0 Å². The molecule has 2 aromatic heterocycles. The van der Waals surface area contributed by atoms with Crippen LogP contribution in [0.25, 0.3) is 44.1 Å². The van der Waals surface area contributed by atoms with E-state index < -0.39 is 8.07 Å². The Labute approximate surface area is 308 Å². The number of benzene rings is 3. The summed E-state index contributed by atoms with van der Waals surface area (Å²) in [6, 6.07) is 19.0. The number of aliphatic hydroxyl groups is 1. The first kappa shape index (κ1) is 40.3. The van der Waals surface area contributed by atoms with E-state index in [1.165, 1.54) is 27.8 Å². The minimum Gasteiger partial charge on any atom is -0.512 e. The first-order valence-corrected chi connectivity index (χ1v) is 21.2. The molecular weight excluding hydrogens is 801 g/mol. The third-order valence-corrected chi connectivity index (χ3v) is 11.2. The van der Waals surface area contributed by atoms with Crippen LogP contribution in [-0.4, -0.2) is 28.9 Å². The number of furan rings is 1. The molecule has 0 fully saturated rings. The van der Waals surface area contributed by atoms with E-state index in [0.717, 1.165) is 70.8 Å². The molecule has 1 radical (unpaired) electrons. The second kappa shape index (κ2) is 16.7.